The molecule has 0 spiro atoms. The number of ether oxygens (including phenoxy) is 2. The zero-order valence-corrected chi connectivity index (χ0v) is 24.9. The molecule has 0 saturated carbocycles. The van der Waals surface area contributed by atoms with Gasteiger partial charge in [-0.2, -0.15) is 5.10 Å². The number of rotatable bonds is 11. The maximum absolute atomic E-state index is 13.4. The predicted octanol–water partition coefficient (Wildman–Crippen LogP) is 3.27. The fourth-order valence-corrected chi connectivity index (χ4v) is 5.39. The standard InChI is InChI=1S/C32H37BN6O4/c1-4-27-25(29(37-24-11-13-43-14-12-24)26-19-36-39(5-2)30(26)38-27)18-35-32(41)21-8-6-7-20(15-21)31(40)34-17-22-16-23(33)9-10-28(22)42-3/h6-10,15-16,19,24H,4-5,11-14,17-18H2,1-3H3,(H,34,40)(H,35,41)(H,37,38). The van der Waals surface area contributed by atoms with Crippen molar-refractivity contribution in [2.75, 3.05) is 25.6 Å². The van der Waals surface area contributed by atoms with Gasteiger partial charge >= 0.3 is 0 Å². The Morgan fingerprint density at radius 2 is 1.77 bits per heavy atom. The molecule has 222 valence electrons. The van der Waals surface area contributed by atoms with E-state index in [9.17, 15) is 9.59 Å². The first-order chi connectivity index (χ1) is 20.9. The van der Waals surface area contributed by atoms with Crippen LogP contribution in [0.3, 0.4) is 0 Å². The molecule has 2 radical (unpaired) electrons. The van der Waals surface area contributed by atoms with Crippen LogP contribution in [0.1, 0.15) is 64.2 Å². The molecule has 1 aliphatic rings. The summed E-state index contributed by atoms with van der Waals surface area (Å²) in [6, 6.07) is 12.2. The van der Waals surface area contributed by atoms with Crippen LogP contribution in [0, 0.1) is 0 Å². The normalized spacial score (nSPS) is 13.6. The summed E-state index contributed by atoms with van der Waals surface area (Å²) < 4.78 is 12.8. The van der Waals surface area contributed by atoms with E-state index in [2.05, 4.69) is 28.0 Å². The van der Waals surface area contributed by atoms with Gasteiger partial charge in [-0.3, -0.25) is 9.59 Å². The van der Waals surface area contributed by atoms with Gasteiger partial charge in [0.1, 0.15) is 13.6 Å². The molecule has 10 nitrogen and oxygen atoms in total. The number of aromatic nitrogens is 3. The van der Waals surface area contributed by atoms with E-state index in [-0.39, 0.29) is 30.9 Å². The lowest BCUT2D eigenvalue weighted by Gasteiger charge is -2.26. The number of carbonyl (C=O) groups excluding carboxylic acids is 2. The molecule has 2 aromatic carbocycles. The second kappa shape index (κ2) is 13.7. The number of nitrogens with zero attached hydrogens (tertiary/aromatic N) is 3. The highest BCUT2D eigenvalue weighted by Gasteiger charge is 2.22. The van der Waals surface area contributed by atoms with Crippen LogP contribution in [0.5, 0.6) is 5.75 Å². The molecule has 43 heavy (non-hydrogen) atoms. The van der Waals surface area contributed by atoms with Crippen molar-refractivity contribution in [1.29, 1.82) is 0 Å². The molecule has 3 heterocycles. The molecule has 2 amide bonds. The van der Waals surface area contributed by atoms with E-state index in [1.165, 1.54) is 0 Å². The Labute approximate surface area is 253 Å². The summed E-state index contributed by atoms with van der Waals surface area (Å²) in [6.45, 7) is 6.75. The average molecular weight is 580 g/mol. The van der Waals surface area contributed by atoms with E-state index in [1.54, 1.807) is 49.6 Å². The molecule has 5 rings (SSSR count). The number of amides is 2. The van der Waals surface area contributed by atoms with Crippen molar-refractivity contribution < 1.29 is 19.1 Å². The maximum Gasteiger partial charge on any atom is 0.251 e. The first-order valence-corrected chi connectivity index (χ1v) is 14.7. The monoisotopic (exact) mass is 580 g/mol. The fourth-order valence-electron chi connectivity index (χ4n) is 5.39. The van der Waals surface area contributed by atoms with Crippen LogP contribution >= 0.6 is 0 Å². The number of hydrogen-bond donors (Lipinski definition) is 3. The Bertz CT molecular complexity index is 1620. The van der Waals surface area contributed by atoms with Crippen molar-refractivity contribution in [3.8, 4) is 5.75 Å². The number of pyridine rings is 1. The molecular formula is C32H37BN6O4. The van der Waals surface area contributed by atoms with Gasteiger partial charge in [-0.25, -0.2) is 9.67 Å². The highest BCUT2D eigenvalue weighted by molar-refractivity contribution is 6.32. The van der Waals surface area contributed by atoms with Crippen molar-refractivity contribution in [3.05, 3.63) is 76.6 Å². The molecule has 3 N–H and O–H groups in total. The lowest BCUT2D eigenvalue weighted by atomic mass is 9.94. The fraction of sp³-hybridized carbons (Fsp3) is 0.375. The number of methoxy groups -OCH3 is 1. The zero-order valence-electron chi connectivity index (χ0n) is 24.9. The number of fused-ring (bicyclic) bond motifs is 1. The van der Waals surface area contributed by atoms with Crippen LogP contribution in [-0.4, -0.2) is 60.8 Å². The van der Waals surface area contributed by atoms with Gasteiger partial charge in [0.05, 0.1) is 24.4 Å². The Morgan fingerprint density at radius 3 is 2.44 bits per heavy atom. The van der Waals surface area contributed by atoms with E-state index in [0.29, 0.717) is 48.5 Å². The largest absolute Gasteiger partial charge is 0.496 e. The summed E-state index contributed by atoms with van der Waals surface area (Å²) in [5, 5.41) is 15.2. The van der Waals surface area contributed by atoms with E-state index in [4.69, 9.17) is 22.3 Å². The first kappa shape index (κ1) is 30.1. The van der Waals surface area contributed by atoms with Crippen LogP contribution in [0.15, 0.2) is 48.7 Å². The SMILES string of the molecule is [B]c1ccc(OC)c(CNC(=O)c2cccc(C(=O)NCc3c(CC)nc4c(cnn4CC)c3NC3CCOCC3)c2)c1. The minimum absolute atomic E-state index is 0.232. The molecule has 1 saturated heterocycles. The van der Waals surface area contributed by atoms with Crippen LogP contribution in [0.25, 0.3) is 11.0 Å². The van der Waals surface area contributed by atoms with Crippen molar-refractivity contribution >= 4 is 41.8 Å². The molecule has 0 bridgehead atoms. The summed E-state index contributed by atoms with van der Waals surface area (Å²) >= 11 is 0. The number of hydrogen-bond acceptors (Lipinski definition) is 7. The molecule has 4 aromatic rings. The van der Waals surface area contributed by atoms with Crippen molar-refractivity contribution in [2.45, 2.75) is 58.8 Å². The number of carbonyl (C=O) groups is 2. The van der Waals surface area contributed by atoms with Gasteiger partial charge in [0.2, 0.25) is 0 Å². The van der Waals surface area contributed by atoms with Crippen LogP contribution in [0.4, 0.5) is 5.69 Å². The lowest BCUT2D eigenvalue weighted by Crippen LogP contribution is -2.30. The van der Waals surface area contributed by atoms with Crippen molar-refractivity contribution in [1.82, 2.24) is 25.4 Å². The van der Waals surface area contributed by atoms with Gasteiger partial charge in [-0.05, 0) is 50.5 Å². The lowest BCUT2D eigenvalue weighted by molar-refractivity contribution is 0.0904. The molecule has 11 heteroatoms. The second-order valence-corrected chi connectivity index (χ2v) is 10.5. The van der Waals surface area contributed by atoms with Crippen LogP contribution < -0.4 is 26.2 Å². The molecule has 0 aliphatic carbocycles. The number of aryl methyl sites for hydroxylation is 2. The summed E-state index contributed by atoms with van der Waals surface area (Å²) in [6.07, 6.45) is 4.35. The highest BCUT2D eigenvalue weighted by atomic mass is 16.5. The number of benzene rings is 2. The van der Waals surface area contributed by atoms with Gasteiger partial charge in [-0.15, -0.1) is 0 Å². The van der Waals surface area contributed by atoms with Gasteiger partial charge < -0.3 is 25.4 Å². The van der Waals surface area contributed by atoms with E-state index < -0.39 is 0 Å². The average Bonchev–Trinajstić information content (AvgIpc) is 3.46. The number of anilines is 1. The first-order valence-electron chi connectivity index (χ1n) is 14.7. The third-order valence-corrected chi connectivity index (χ3v) is 7.73. The van der Waals surface area contributed by atoms with Gasteiger partial charge in [0.25, 0.3) is 11.8 Å². The maximum atomic E-state index is 13.4. The van der Waals surface area contributed by atoms with E-state index in [1.807, 2.05) is 17.8 Å². The van der Waals surface area contributed by atoms with Gasteiger partial charge in [0, 0.05) is 66.8 Å². The van der Waals surface area contributed by atoms with E-state index >= 15 is 0 Å². The summed E-state index contributed by atoms with van der Waals surface area (Å²) in [5.74, 6) is 0.0444. The third-order valence-electron chi connectivity index (χ3n) is 7.73. The minimum Gasteiger partial charge on any atom is -0.496 e. The molecular weight excluding hydrogens is 543 g/mol. The number of nitrogens with one attached hydrogen (secondary N) is 3. The van der Waals surface area contributed by atoms with Gasteiger partial charge in [0.15, 0.2) is 5.65 Å². The Balaban J connectivity index is 1.34. The minimum atomic E-state index is -0.307. The van der Waals surface area contributed by atoms with Crippen molar-refractivity contribution in [3.63, 3.8) is 0 Å². The summed E-state index contributed by atoms with van der Waals surface area (Å²) in [4.78, 5) is 31.3. The Kier molecular flexibility index (Phi) is 9.61. The van der Waals surface area contributed by atoms with E-state index in [0.717, 1.165) is 46.4 Å². The molecule has 1 fully saturated rings. The third kappa shape index (κ3) is 6.83. The zero-order chi connectivity index (χ0) is 30.3. The topological polar surface area (TPSA) is 119 Å². The van der Waals surface area contributed by atoms with Gasteiger partial charge in [-0.1, -0.05) is 30.6 Å². The smallest absolute Gasteiger partial charge is 0.251 e. The van der Waals surface area contributed by atoms with Crippen LogP contribution in [-0.2, 0) is 30.8 Å². The predicted molar refractivity (Wildman–Crippen MR) is 167 cm³/mol. The Hall–Kier alpha value is -4.38. The molecule has 0 atom stereocenters. The summed E-state index contributed by atoms with van der Waals surface area (Å²) in [5.41, 5.74) is 5.74. The quantitative estimate of drug-likeness (QED) is 0.233. The Morgan fingerprint density at radius 1 is 1.05 bits per heavy atom. The van der Waals surface area contributed by atoms with Crippen LogP contribution in [0.2, 0.25) is 0 Å². The second-order valence-electron chi connectivity index (χ2n) is 10.5. The molecule has 0 unspecified atom stereocenters. The van der Waals surface area contributed by atoms with Crippen molar-refractivity contribution in [2.24, 2.45) is 0 Å². The molecule has 1 aliphatic heterocycles. The summed E-state index contributed by atoms with van der Waals surface area (Å²) in [7, 11) is 7.47. The highest BCUT2D eigenvalue weighted by Crippen LogP contribution is 2.31. The molecule has 2 aromatic heterocycles.